The average Bonchev–Trinajstić information content (AvgIpc) is 3.04. The second kappa shape index (κ2) is 6.97. The van der Waals surface area contributed by atoms with Crippen molar-refractivity contribution in [2.24, 2.45) is 0 Å². The Labute approximate surface area is 140 Å². The zero-order valence-electron chi connectivity index (χ0n) is 13.9. The van der Waals surface area contributed by atoms with Gasteiger partial charge in [0.1, 0.15) is 17.4 Å². The third-order valence-electron chi connectivity index (χ3n) is 4.16. The van der Waals surface area contributed by atoms with Crippen LogP contribution in [0.15, 0.2) is 22.7 Å². The first kappa shape index (κ1) is 16.4. The van der Waals surface area contributed by atoms with Crippen molar-refractivity contribution in [2.75, 3.05) is 31.1 Å². The third-order valence-corrected chi connectivity index (χ3v) is 4.16. The number of benzene rings is 1. The maximum absolute atomic E-state index is 13.8. The van der Waals surface area contributed by atoms with E-state index < -0.39 is 5.82 Å². The molecule has 2 aromatic rings. The smallest absolute Gasteiger partial charge is 0.229 e. The Hall–Kier alpha value is -2.46. The van der Waals surface area contributed by atoms with Crippen molar-refractivity contribution in [2.45, 2.75) is 26.3 Å². The van der Waals surface area contributed by atoms with Gasteiger partial charge in [0.15, 0.2) is 5.82 Å². The standard InChI is InChI=1S/C17H20FN5O/c1-12(2)17-20-16(21-24-17)11-22-6-8-23(9-7-22)15-5-3-4-14(18)13(15)10-19/h3-5,12H,6-9,11H2,1-2H3. The summed E-state index contributed by atoms with van der Waals surface area (Å²) in [5.41, 5.74) is 0.782. The van der Waals surface area contributed by atoms with Gasteiger partial charge in [-0.25, -0.2) is 4.39 Å². The van der Waals surface area contributed by atoms with Gasteiger partial charge in [-0.1, -0.05) is 25.1 Å². The molecule has 0 radical (unpaired) electrons. The van der Waals surface area contributed by atoms with Gasteiger partial charge in [0, 0.05) is 32.1 Å². The Morgan fingerprint density at radius 1 is 1.29 bits per heavy atom. The Balaban J connectivity index is 1.62. The molecular weight excluding hydrogens is 309 g/mol. The predicted molar refractivity (Wildman–Crippen MR) is 87.0 cm³/mol. The highest BCUT2D eigenvalue weighted by Gasteiger charge is 2.22. The number of anilines is 1. The summed E-state index contributed by atoms with van der Waals surface area (Å²) in [6.45, 7) is 7.72. The Morgan fingerprint density at radius 2 is 2.04 bits per heavy atom. The average molecular weight is 329 g/mol. The number of nitriles is 1. The lowest BCUT2D eigenvalue weighted by Gasteiger charge is -2.35. The first-order valence-corrected chi connectivity index (χ1v) is 8.07. The molecule has 0 bridgehead atoms. The molecule has 0 spiro atoms. The molecule has 126 valence electrons. The highest BCUT2D eigenvalue weighted by atomic mass is 19.1. The number of piperazine rings is 1. The maximum atomic E-state index is 13.8. The second-order valence-corrected chi connectivity index (χ2v) is 6.21. The van der Waals surface area contributed by atoms with Gasteiger partial charge in [0.05, 0.1) is 12.2 Å². The molecule has 1 aliphatic heterocycles. The Kier molecular flexibility index (Phi) is 4.76. The quantitative estimate of drug-likeness (QED) is 0.858. The molecule has 1 saturated heterocycles. The van der Waals surface area contributed by atoms with Crippen LogP contribution in [0.3, 0.4) is 0 Å². The maximum Gasteiger partial charge on any atom is 0.229 e. The van der Waals surface area contributed by atoms with Crippen molar-refractivity contribution >= 4 is 5.69 Å². The molecule has 24 heavy (non-hydrogen) atoms. The highest BCUT2D eigenvalue weighted by molar-refractivity contribution is 5.60. The van der Waals surface area contributed by atoms with Gasteiger partial charge in [-0.15, -0.1) is 0 Å². The summed E-state index contributed by atoms with van der Waals surface area (Å²) in [4.78, 5) is 8.68. The van der Waals surface area contributed by atoms with E-state index >= 15 is 0 Å². The summed E-state index contributed by atoms with van der Waals surface area (Å²) in [6.07, 6.45) is 0. The van der Waals surface area contributed by atoms with Gasteiger partial charge < -0.3 is 9.42 Å². The van der Waals surface area contributed by atoms with Crippen molar-refractivity contribution in [1.29, 1.82) is 5.26 Å². The van der Waals surface area contributed by atoms with E-state index in [1.165, 1.54) is 6.07 Å². The summed E-state index contributed by atoms with van der Waals surface area (Å²) >= 11 is 0. The molecule has 0 atom stereocenters. The first-order valence-electron chi connectivity index (χ1n) is 8.07. The van der Waals surface area contributed by atoms with E-state index in [4.69, 9.17) is 9.78 Å². The number of hydrogen-bond donors (Lipinski definition) is 0. The fourth-order valence-corrected chi connectivity index (χ4v) is 2.80. The molecule has 1 aliphatic rings. The van der Waals surface area contributed by atoms with Gasteiger partial charge in [-0.2, -0.15) is 10.2 Å². The van der Waals surface area contributed by atoms with Crippen LogP contribution in [0.1, 0.15) is 37.0 Å². The predicted octanol–water partition coefficient (Wildman–Crippen LogP) is 2.53. The zero-order chi connectivity index (χ0) is 17.1. The molecule has 0 aliphatic carbocycles. The molecule has 1 fully saturated rings. The van der Waals surface area contributed by atoms with Gasteiger partial charge in [0.25, 0.3) is 0 Å². The van der Waals surface area contributed by atoms with E-state index in [0.29, 0.717) is 23.9 Å². The minimum atomic E-state index is -0.467. The van der Waals surface area contributed by atoms with Crippen molar-refractivity contribution < 1.29 is 8.91 Å². The molecular formula is C17H20FN5O. The molecule has 0 unspecified atom stereocenters. The van der Waals surface area contributed by atoms with Crippen molar-refractivity contribution in [3.8, 4) is 6.07 Å². The number of rotatable bonds is 4. The van der Waals surface area contributed by atoms with E-state index in [1.807, 2.05) is 24.8 Å². The summed E-state index contributed by atoms with van der Waals surface area (Å²) in [5.74, 6) is 1.10. The molecule has 2 heterocycles. The van der Waals surface area contributed by atoms with Crippen LogP contribution >= 0.6 is 0 Å². The fourth-order valence-electron chi connectivity index (χ4n) is 2.80. The normalized spacial score (nSPS) is 15.7. The molecule has 3 rings (SSSR count). The molecule has 1 aromatic carbocycles. The molecule has 7 heteroatoms. The number of nitrogens with zero attached hydrogens (tertiary/aromatic N) is 5. The van der Waals surface area contributed by atoms with Crippen LogP contribution in [-0.4, -0.2) is 41.2 Å². The van der Waals surface area contributed by atoms with Crippen molar-refractivity contribution in [3.63, 3.8) is 0 Å². The van der Waals surface area contributed by atoms with Gasteiger partial charge in [-0.3, -0.25) is 4.90 Å². The lowest BCUT2D eigenvalue weighted by atomic mass is 10.1. The lowest BCUT2D eigenvalue weighted by molar-refractivity contribution is 0.239. The van der Waals surface area contributed by atoms with E-state index in [2.05, 4.69) is 15.0 Å². The summed E-state index contributed by atoms with van der Waals surface area (Å²) in [7, 11) is 0. The molecule has 0 N–H and O–H groups in total. The van der Waals surface area contributed by atoms with Crippen LogP contribution in [0.25, 0.3) is 0 Å². The van der Waals surface area contributed by atoms with Gasteiger partial charge in [-0.05, 0) is 12.1 Å². The lowest BCUT2D eigenvalue weighted by Crippen LogP contribution is -2.46. The number of halogens is 1. The number of hydrogen-bond acceptors (Lipinski definition) is 6. The van der Waals surface area contributed by atoms with Crippen LogP contribution in [0, 0.1) is 17.1 Å². The van der Waals surface area contributed by atoms with E-state index in [9.17, 15) is 4.39 Å². The van der Waals surface area contributed by atoms with Crippen molar-refractivity contribution in [1.82, 2.24) is 15.0 Å². The van der Waals surface area contributed by atoms with Crippen LogP contribution in [0.2, 0.25) is 0 Å². The van der Waals surface area contributed by atoms with Gasteiger partial charge >= 0.3 is 0 Å². The Morgan fingerprint density at radius 3 is 2.67 bits per heavy atom. The molecule has 0 saturated carbocycles. The van der Waals surface area contributed by atoms with Crippen LogP contribution < -0.4 is 4.90 Å². The topological polar surface area (TPSA) is 69.2 Å². The molecule has 6 nitrogen and oxygen atoms in total. The largest absolute Gasteiger partial charge is 0.368 e. The zero-order valence-corrected chi connectivity index (χ0v) is 13.9. The minimum Gasteiger partial charge on any atom is -0.368 e. The summed E-state index contributed by atoms with van der Waals surface area (Å²) < 4.78 is 19.0. The van der Waals surface area contributed by atoms with Gasteiger partial charge in [0.2, 0.25) is 5.89 Å². The van der Waals surface area contributed by atoms with E-state index in [0.717, 1.165) is 26.2 Å². The van der Waals surface area contributed by atoms with Crippen LogP contribution in [-0.2, 0) is 6.54 Å². The summed E-state index contributed by atoms with van der Waals surface area (Å²) in [6, 6.07) is 6.72. The monoisotopic (exact) mass is 329 g/mol. The molecule has 0 amide bonds. The SMILES string of the molecule is CC(C)c1nc(CN2CCN(c3cccc(F)c3C#N)CC2)no1. The second-order valence-electron chi connectivity index (χ2n) is 6.21. The minimum absolute atomic E-state index is 0.116. The number of aromatic nitrogens is 2. The van der Waals surface area contributed by atoms with Crippen LogP contribution in [0.4, 0.5) is 10.1 Å². The van der Waals surface area contributed by atoms with Crippen LogP contribution in [0.5, 0.6) is 0 Å². The fraction of sp³-hybridized carbons (Fsp3) is 0.471. The molecule has 1 aromatic heterocycles. The third kappa shape index (κ3) is 3.39. The van der Waals surface area contributed by atoms with E-state index in [1.54, 1.807) is 12.1 Å². The summed E-state index contributed by atoms with van der Waals surface area (Å²) in [5, 5.41) is 13.2. The van der Waals surface area contributed by atoms with E-state index in [-0.39, 0.29) is 11.5 Å². The first-order chi connectivity index (χ1) is 11.6. The Bertz CT molecular complexity index is 744. The highest BCUT2D eigenvalue weighted by Crippen LogP contribution is 2.24. The van der Waals surface area contributed by atoms with Crippen molar-refractivity contribution in [3.05, 3.63) is 41.3 Å².